The Balaban J connectivity index is 1.97. The second-order valence-electron chi connectivity index (χ2n) is 5.01. The number of pyridine rings is 1. The van der Waals surface area contributed by atoms with Crippen LogP contribution < -0.4 is 4.74 Å². The molecule has 0 spiro atoms. The topological polar surface area (TPSA) is 62.7 Å². The van der Waals surface area contributed by atoms with Crippen molar-refractivity contribution in [1.29, 1.82) is 0 Å². The lowest BCUT2D eigenvalue weighted by Gasteiger charge is -2.21. The number of amides is 1. The Morgan fingerprint density at radius 1 is 1.32 bits per heavy atom. The molecule has 1 amide bonds. The predicted octanol–water partition coefficient (Wildman–Crippen LogP) is 1.82. The molecule has 0 aliphatic carbocycles. The summed E-state index contributed by atoms with van der Waals surface area (Å²) in [6.07, 6.45) is 1.18. The molecule has 22 heavy (non-hydrogen) atoms. The highest BCUT2D eigenvalue weighted by atomic mass is 16.5. The molecule has 1 atom stereocenters. The molecular weight excluding hydrogens is 280 g/mol. The number of rotatable bonds is 6. The largest absolute Gasteiger partial charge is 0.497 e. The molecule has 0 bridgehead atoms. The molecule has 0 saturated carbocycles. The maximum absolute atomic E-state index is 12.3. The second kappa shape index (κ2) is 7.56. The van der Waals surface area contributed by atoms with Gasteiger partial charge in [-0.25, -0.2) is 0 Å². The van der Waals surface area contributed by atoms with Gasteiger partial charge in [-0.1, -0.05) is 18.2 Å². The van der Waals surface area contributed by atoms with E-state index in [1.54, 1.807) is 44.6 Å². The Bertz CT molecular complexity index is 616. The van der Waals surface area contributed by atoms with Crippen LogP contribution in [-0.4, -0.2) is 41.6 Å². The summed E-state index contributed by atoms with van der Waals surface area (Å²) < 4.78 is 5.11. The Kier molecular flexibility index (Phi) is 5.49. The number of carbonyl (C=O) groups is 1. The van der Waals surface area contributed by atoms with E-state index in [2.05, 4.69) is 4.98 Å². The lowest BCUT2D eigenvalue weighted by molar-refractivity contribution is -0.139. The van der Waals surface area contributed by atoms with Crippen LogP contribution in [0.25, 0.3) is 0 Å². The van der Waals surface area contributed by atoms with Crippen LogP contribution in [0.5, 0.6) is 5.75 Å². The molecule has 1 aromatic carbocycles. The third kappa shape index (κ3) is 4.05. The minimum atomic E-state index is -1.19. The number of methoxy groups -OCH3 is 1. The maximum Gasteiger partial charge on any atom is 0.255 e. The fraction of sp³-hybridized carbons (Fsp3) is 0.294. The molecule has 0 aliphatic heterocycles. The van der Waals surface area contributed by atoms with Gasteiger partial charge in [0.05, 0.1) is 7.11 Å². The third-order valence-corrected chi connectivity index (χ3v) is 3.45. The van der Waals surface area contributed by atoms with Gasteiger partial charge in [0, 0.05) is 31.9 Å². The molecule has 1 unspecified atom stereocenters. The summed E-state index contributed by atoms with van der Waals surface area (Å²) >= 11 is 0. The maximum atomic E-state index is 12.3. The molecule has 0 saturated heterocycles. The zero-order valence-corrected chi connectivity index (χ0v) is 12.8. The van der Waals surface area contributed by atoms with Crippen LogP contribution in [0.4, 0.5) is 0 Å². The molecule has 2 rings (SSSR count). The molecule has 0 fully saturated rings. The summed E-state index contributed by atoms with van der Waals surface area (Å²) in [7, 11) is 3.22. The van der Waals surface area contributed by atoms with E-state index in [4.69, 9.17) is 4.74 Å². The van der Waals surface area contributed by atoms with Crippen molar-refractivity contribution in [2.24, 2.45) is 0 Å². The van der Waals surface area contributed by atoms with Crippen LogP contribution in [0.2, 0.25) is 0 Å². The number of likely N-dealkylation sites (N-methyl/N-ethyl adjacent to an activating group) is 1. The van der Waals surface area contributed by atoms with Crippen LogP contribution >= 0.6 is 0 Å². The van der Waals surface area contributed by atoms with Crippen LogP contribution in [0.3, 0.4) is 0 Å². The quantitative estimate of drug-likeness (QED) is 0.884. The van der Waals surface area contributed by atoms with Gasteiger partial charge in [0.15, 0.2) is 6.10 Å². The number of carbonyl (C=O) groups excluding carboxylic acids is 1. The summed E-state index contributed by atoms with van der Waals surface area (Å²) in [5.41, 5.74) is 1.44. The molecule has 1 aromatic heterocycles. The molecule has 116 valence electrons. The highest BCUT2D eigenvalue weighted by Gasteiger charge is 2.21. The van der Waals surface area contributed by atoms with Crippen molar-refractivity contribution in [1.82, 2.24) is 9.88 Å². The first-order valence-corrected chi connectivity index (χ1v) is 7.08. The average Bonchev–Trinajstić information content (AvgIpc) is 2.59. The SMILES string of the molecule is COc1cccc(C(O)C(=O)N(C)CCc2ccccn2)c1. The number of aliphatic hydroxyl groups is 1. The Hall–Kier alpha value is -2.40. The number of benzene rings is 1. The van der Waals surface area contributed by atoms with Crippen molar-refractivity contribution in [3.05, 3.63) is 59.9 Å². The lowest BCUT2D eigenvalue weighted by atomic mass is 10.1. The second-order valence-corrected chi connectivity index (χ2v) is 5.01. The van der Waals surface area contributed by atoms with E-state index in [-0.39, 0.29) is 5.91 Å². The van der Waals surface area contributed by atoms with Gasteiger partial charge in [-0.2, -0.15) is 0 Å². The highest BCUT2D eigenvalue weighted by molar-refractivity contribution is 5.82. The fourth-order valence-electron chi connectivity index (χ4n) is 2.10. The number of aliphatic hydroxyl groups excluding tert-OH is 1. The Morgan fingerprint density at radius 3 is 2.82 bits per heavy atom. The third-order valence-electron chi connectivity index (χ3n) is 3.45. The van der Waals surface area contributed by atoms with Crippen molar-refractivity contribution in [3.63, 3.8) is 0 Å². The van der Waals surface area contributed by atoms with E-state index in [9.17, 15) is 9.90 Å². The van der Waals surface area contributed by atoms with Crippen LogP contribution in [-0.2, 0) is 11.2 Å². The summed E-state index contributed by atoms with van der Waals surface area (Å²) in [6, 6.07) is 12.6. The number of nitrogens with zero attached hydrogens (tertiary/aromatic N) is 2. The molecule has 0 radical (unpaired) electrons. The summed E-state index contributed by atoms with van der Waals surface area (Å²) in [5, 5.41) is 10.2. The van der Waals surface area contributed by atoms with Crippen LogP contribution in [0.15, 0.2) is 48.7 Å². The number of ether oxygens (including phenoxy) is 1. The minimum Gasteiger partial charge on any atom is -0.497 e. The van der Waals surface area contributed by atoms with Crippen LogP contribution in [0, 0.1) is 0 Å². The zero-order chi connectivity index (χ0) is 15.9. The normalized spacial score (nSPS) is 11.8. The standard InChI is InChI=1S/C17H20N2O3/c1-19(11-9-14-7-3-4-10-18-14)17(21)16(20)13-6-5-8-15(12-13)22-2/h3-8,10,12,16,20H,9,11H2,1-2H3. The van der Waals surface area contributed by atoms with E-state index in [0.29, 0.717) is 24.3 Å². The van der Waals surface area contributed by atoms with Crippen molar-refractivity contribution in [2.75, 3.05) is 20.7 Å². The summed E-state index contributed by atoms with van der Waals surface area (Å²) in [4.78, 5) is 18.0. The molecule has 0 aliphatic rings. The molecule has 5 heteroatoms. The smallest absolute Gasteiger partial charge is 0.255 e. The van der Waals surface area contributed by atoms with Gasteiger partial charge in [-0.05, 0) is 29.8 Å². The summed E-state index contributed by atoms with van der Waals surface area (Å²) in [6.45, 7) is 0.497. The van der Waals surface area contributed by atoms with Crippen LogP contribution in [0.1, 0.15) is 17.4 Å². The van der Waals surface area contributed by atoms with Gasteiger partial charge >= 0.3 is 0 Å². The first-order valence-electron chi connectivity index (χ1n) is 7.08. The molecule has 1 N–H and O–H groups in total. The van der Waals surface area contributed by atoms with Gasteiger partial charge in [0.25, 0.3) is 5.91 Å². The summed E-state index contributed by atoms with van der Waals surface area (Å²) in [5.74, 6) is 0.268. The van der Waals surface area contributed by atoms with Gasteiger partial charge in [0.1, 0.15) is 5.75 Å². The minimum absolute atomic E-state index is 0.343. The van der Waals surface area contributed by atoms with E-state index < -0.39 is 6.10 Å². The van der Waals surface area contributed by atoms with Gasteiger partial charge < -0.3 is 14.7 Å². The van der Waals surface area contributed by atoms with E-state index in [1.807, 2.05) is 18.2 Å². The average molecular weight is 300 g/mol. The number of hydrogen-bond acceptors (Lipinski definition) is 4. The Morgan fingerprint density at radius 2 is 2.14 bits per heavy atom. The predicted molar refractivity (Wildman–Crippen MR) is 83.5 cm³/mol. The number of aromatic nitrogens is 1. The lowest BCUT2D eigenvalue weighted by Crippen LogP contribution is -2.33. The Labute approximate surface area is 130 Å². The number of hydrogen-bond donors (Lipinski definition) is 1. The van der Waals surface area contributed by atoms with Gasteiger partial charge in [-0.3, -0.25) is 9.78 Å². The monoisotopic (exact) mass is 300 g/mol. The first-order chi connectivity index (χ1) is 10.6. The van der Waals surface area contributed by atoms with Crippen molar-refractivity contribution in [3.8, 4) is 5.75 Å². The van der Waals surface area contributed by atoms with Crippen molar-refractivity contribution >= 4 is 5.91 Å². The fourth-order valence-corrected chi connectivity index (χ4v) is 2.10. The van der Waals surface area contributed by atoms with Crippen molar-refractivity contribution < 1.29 is 14.6 Å². The van der Waals surface area contributed by atoms with E-state index in [0.717, 1.165) is 5.69 Å². The highest BCUT2D eigenvalue weighted by Crippen LogP contribution is 2.20. The van der Waals surface area contributed by atoms with Gasteiger partial charge in [0.2, 0.25) is 0 Å². The molecule has 2 aromatic rings. The van der Waals surface area contributed by atoms with Gasteiger partial charge in [-0.15, -0.1) is 0 Å². The van der Waals surface area contributed by atoms with Crippen molar-refractivity contribution in [2.45, 2.75) is 12.5 Å². The zero-order valence-electron chi connectivity index (χ0n) is 12.8. The molecular formula is C17H20N2O3. The first kappa shape index (κ1) is 16.0. The molecule has 5 nitrogen and oxygen atoms in total. The molecule has 1 heterocycles. The van der Waals surface area contributed by atoms with E-state index >= 15 is 0 Å². The van der Waals surface area contributed by atoms with E-state index in [1.165, 1.54) is 4.90 Å².